The van der Waals surface area contributed by atoms with Gasteiger partial charge in [-0.1, -0.05) is 23.7 Å². The van der Waals surface area contributed by atoms with Gasteiger partial charge >= 0.3 is 5.97 Å². The van der Waals surface area contributed by atoms with Gasteiger partial charge in [-0.3, -0.25) is 0 Å². The molecule has 0 spiro atoms. The van der Waals surface area contributed by atoms with Crippen LogP contribution in [0.3, 0.4) is 0 Å². The van der Waals surface area contributed by atoms with Gasteiger partial charge in [-0.25, -0.2) is 4.79 Å². The van der Waals surface area contributed by atoms with Crippen molar-refractivity contribution < 1.29 is 24.5 Å². The number of aliphatic hydroxyl groups excluding tert-OH is 1. The minimum Gasteiger partial charge on any atom is -0.506 e. The summed E-state index contributed by atoms with van der Waals surface area (Å²) in [5, 5.41) is 23.5. The second-order valence-corrected chi connectivity index (χ2v) is 7.51. The fourth-order valence-electron chi connectivity index (χ4n) is 3.47. The lowest BCUT2D eigenvalue weighted by Gasteiger charge is -2.27. The Balaban J connectivity index is 0.00000320. The number of aliphatic hydroxyl groups is 1. The van der Waals surface area contributed by atoms with Crippen molar-refractivity contribution in [2.45, 2.75) is 38.3 Å². The van der Waals surface area contributed by atoms with Gasteiger partial charge in [-0.15, -0.1) is 12.4 Å². The quantitative estimate of drug-likeness (QED) is 0.527. The van der Waals surface area contributed by atoms with Gasteiger partial charge < -0.3 is 25.0 Å². The minimum absolute atomic E-state index is 0. The van der Waals surface area contributed by atoms with E-state index in [2.05, 4.69) is 5.32 Å². The molecule has 0 bridgehead atoms. The number of phenolic OH excluding ortho intramolecular Hbond substituents is 1. The average Bonchev–Trinajstić information content (AvgIpc) is 2.72. The predicted molar refractivity (Wildman–Crippen MR) is 118 cm³/mol. The number of hydrogen-bond acceptors (Lipinski definition) is 6. The zero-order valence-electron chi connectivity index (χ0n) is 16.8. The Labute approximate surface area is 187 Å². The van der Waals surface area contributed by atoms with Crippen LogP contribution in [0.5, 0.6) is 11.5 Å². The first-order valence-corrected chi connectivity index (χ1v) is 10.1. The monoisotopic (exact) mass is 455 g/mol. The molecule has 0 aromatic heterocycles. The highest BCUT2D eigenvalue weighted by molar-refractivity contribution is 6.32. The Kier molecular flexibility index (Phi) is 9.24. The zero-order valence-corrected chi connectivity index (χ0v) is 18.3. The third-order valence-corrected chi connectivity index (χ3v) is 5.33. The SMILES string of the molecule is CCOC(=O)COc1ccc2c(c1)C[C@@H](NC[C@@H](O)c1ccc(O)c(Cl)c1)CC2.Cl. The Morgan fingerprint density at radius 2 is 2.07 bits per heavy atom. The Hall–Kier alpha value is -1.99. The highest BCUT2D eigenvalue weighted by atomic mass is 35.5. The molecular weight excluding hydrogens is 429 g/mol. The normalized spacial score (nSPS) is 16.2. The van der Waals surface area contributed by atoms with Crippen LogP contribution in [-0.4, -0.2) is 42.0 Å². The van der Waals surface area contributed by atoms with Crippen molar-refractivity contribution in [1.29, 1.82) is 0 Å². The van der Waals surface area contributed by atoms with Crippen LogP contribution >= 0.6 is 24.0 Å². The van der Waals surface area contributed by atoms with E-state index in [1.165, 1.54) is 17.2 Å². The number of aromatic hydroxyl groups is 1. The van der Waals surface area contributed by atoms with Gasteiger partial charge in [-0.2, -0.15) is 0 Å². The lowest BCUT2D eigenvalue weighted by molar-refractivity contribution is -0.145. The van der Waals surface area contributed by atoms with Crippen molar-refractivity contribution in [3.8, 4) is 11.5 Å². The van der Waals surface area contributed by atoms with Gasteiger partial charge in [-0.05, 0) is 67.1 Å². The van der Waals surface area contributed by atoms with Crippen LogP contribution in [0.4, 0.5) is 0 Å². The maximum atomic E-state index is 11.5. The van der Waals surface area contributed by atoms with E-state index in [9.17, 15) is 15.0 Å². The van der Waals surface area contributed by atoms with Gasteiger partial charge in [0.15, 0.2) is 6.61 Å². The van der Waals surface area contributed by atoms with Crippen LogP contribution in [0, 0.1) is 0 Å². The van der Waals surface area contributed by atoms with E-state index in [0.29, 0.717) is 24.5 Å². The number of ether oxygens (including phenoxy) is 2. The third kappa shape index (κ3) is 6.51. The van der Waals surface area contributed by atoms with Gasteiger partial charge in [0.25, 0.3) is 0 Å². The number of carbonyl (C=O) groups excluding carboxylic acids is 1. The van der Waals surface area contributed by atoms with Gasteiger partial charge in [0.2, 0.25) is 0 Å². The first-order chi connectivity index (χ1) is 14.0. The predicted octanol–water partition coefficient (Wildman–Crippen LogP) is 3.59. The van der Waals surface area contributed by atoms with Crippen molar-refractivity contribution >= 4 is 30.0 Å². The fourth-order valence-corrected chi connectivity index (χ4v) is 3.66. The average molecular weight is 456 g/mol. The summed E-state index contributed by atoms with van der Waals surface area (Å²) in [7, 11) is 0. The molecule has 0 unspecified atom stereocenters. The molecule has 3 N–H and O–H groups in total. The first kappa shape index (κ1) is 24.3. The van der Waals surface area contributed by atoms with Crippen LogP contribution in [0.2, 0.25) is 5.02 Å². The molecule has 2 atom stereocenters. The summed E-state index contributed by atoms with van der Waals surface area (Å²) in [5.41, 5.74) is 3.11. The molecule has 1 aliphatic rings. The van der Waals surface area contributed by atoms with Crippen LogP contribution in [-0.2, 0) is 22.4 Å². The summed E-state index contributed by atoms with van der Waals surface area (Å²) in [6.45, 7) is 2.38. The highest BCUT2D eigenvalue weighted by Crippen LogP contribution is 2.28. The van der Waals surface area contributed by atoms with Crippen LogP contribution in [0.25, 0.3) is 0 Å². The third-order valence-electron chi connectivity index (χ3n) is 5.02. The van der Waals surface area contributed by atoms with Gasteiger partial charge in [0.05, 0.1) is 17.7 Å². The maximum Gasteiger partial charge on any atom is 0.344 e. The number of aryl methyl sites for hydroxylation is 1. The number of nitrogens with one attached hydrogen (secondary N) is 1. The molecule has 1 aliphatic carbocycles. The lowest BCUT2D eigenvalue weighted by atomic mass is 9.88. The summed E-state index contributed by atoms with van der Waals surface area (Å²) in [5.74, 6) is 0.268. The number of fused-ring (bicyclic) bond motifs is 1. The molecule has 2 aromatic carbocycles. The molecule has 0 radical (unpaired) electrons. The second-order valence-electron chi connectivity index (χ2n) is 7.10. The lowest BCUT2D eigenvalue weighted by Crippen LogP contribution is -2.37. The molecule has 0 amide bonds. The molecule has 0 aliphatic heterocycles. The van der Waals surface area contributed by atoms with Crippen molar-refractivity contribution in [2.75, 3.05) is 19.8 Å². The standard InChI is InChI=1S/C22H26ClNO5.ClH/c1-2-28-22(27)13-29-18-7-4-14-3-6-17(9-16(14)10-18)24-12-21(26)15-5-8-20(25)19(23)11-15;/h4-5,7-8,10-11,17,21,24-26H,2-3,6,9,12-13H2,1H3;1H/t17-,21+;/m0./s1. The van der Waals surface area contributed by atoms with E-state index < -0.39 is 6.10 Å². The van der Waals surface area contributed by atoms with Crippen molar-refractivity contribution in [3.05, 3.63) is 58.1 Å². The Morgan fingerprint density at radius 3 is 2.80 bits per heavy atom. The van der Waals surface area contributed by atoms with Crippen LogP contribution in [0.15, 0.2) is 36.4 Å². The van der Waals surface area contributed by atoms with E-state index in [-0.39, 0.29) is 41.8 Å². The van der Waals surface area contributed by atoms with E-state index >= 15 is 0 Å². The molecule has 0 saturated carbocycles. The Morgan fingerprint density at radius 1 is 1.27 bits per heavy atom. The van der Waals surface area contributed by atoms with E-state index in [1.807, 2.05) is 18.2 Å². The van der Waals surface area contributed by atoms with Gasteiger partial charge in [0.1, 0.15) is 11.5 Å². The topological polar surface area (TPSA) is 88.0 Å². The van der Waals surface area contributed by atoms with Crippen molar-refractivity contribution in [2.24, 2.45) is 0 Å². The molecule has 3 rings (SSSR count). The molecule has 0 saturated heterocycles. The molecule has 0 fully saturated rings. The number of esters is 1. The van der Waals surface area contributed by atoms with E-state index in [1.54, 1.807) is 19.1 Å². The Bertz CT molecular complexity index is 861. The number of hydrogen-bond donors (Lipinski definition) is 3. The highest BCUT2D eigenvalue weighted by Gasteiger charge is 2.20. The molecule has 164 valence electrons. The molecule has 2 aromatic rings. The molecular formula is C22H27Cl2NO5. The molecule has 8 heteroatoms. The number of phenols is 1. The maximum absolute atomic E-state index is 11.5. The molecule has 6 nitrogen and oxygen atoms in total. The number of halogens is 2. The molecule has 0 heterocycles. The smallest absolute Gasteiger partial charge is 0.344 e. The largest absolute Gasteiger partial charge is 0.506 e. The summed E-state index contributed by atoms with van der Waals surface area (Å²) in [4.78, 5) is 11.5. The second kappa shape index (κ2) is 11.4. The summed E-state index contributed by atoms with van der Waals surface area (Å²) in [6, 6.07) is 10.8. The van der Waals surface area contributed by atoms with Gasteiger partial charge in [0, 0.05) is 12.6 Å². The van der Waals surface area contributed by atoms with Crippen LogP contribution in [0.1, 0.15) is 36.1 Å². The zero-order chi connectivity index (χ0) is 20.8. The summed E-state index contributed by atoms with van der Waals surface area (Å²) < 4.78 is 10.4. The summed E-state index contributed by atoms with van der Waals surface area (Å²) >= 11 is 5.92. The van der Waals surface area contributed by atoms with Crippen molar-refractivity contribution in [3.63, 3.8) is 0 Å². The first-order valence-electron chi connectivity index (χ1n) is 9.76. The van der Waals surface area contributed by atoms with Crippen molar-refractivity contribution in [1.82, 2.24) is 5.32 Å². The fraction of sp³-hybridized carbons (Fsp3) is 0.409. The van der Waals surface area contributed by atoms with Crippen LogP contribution < -0.4 is 10.1 Å². The number of rotatable bonds is 8. The molecule has 30 heavy (non-hydrogen) atoms. The number of benzene rings is 2. The van der Waals surface area contributed by atoms with E-state index in [0.717, 1.165) is 19.3 Å². The minimum atomic E-state index is -0.714. The van der Waals surface area contributed by atoms with E-state index in [4.69, 9.17) is 21.1 Å². The number of carbonyl (C=O) groups is 1. The summed E-state index contributed by atoms with van der Waals surface area (Å²) in [6.07, 6.45) is 2.01.